The Labute approximate surface area is 103 Å². The van der Waals surface area contributed by atoms with E-state index >= 15 is 0 Å². The molecule has 17 heavy (non-hydrogen) atoms. The van der Waals surface area contributed by atoms with Gasteiger partial charge in [-0.25, -0.2) is 0 Å². The summed E-state index contributed by atoms with van der Waals surface area (Å²) in [5.74, 6) is 0. The molecule has 0 heterocycles. The maximum absolute atomic E-state index is 4.20. The normalized spacial score (nSPS) is 10.0. The lowest BCUT2D eigenvalue weighted by molar-refractivity contribution is 1.43. The van der Waals surface area contributed by atoms with Crippen LogP contribution in [0.5, 0.6) is 0 Å². The average molecular weight is 223 g/mol. The van der Waals surface area contributed by atoms with Crippen molar-refractivity contribution in [2.45, 2.75) is 6.92 Å². The Morgan fingerprint density at radius 2 is 1.82 bits per heavy atom. The zero-order chi connectivity index (χ0) is 12.3. The number of para-hydroxylation sites is 1. The summed E-state index contributed by atoms with van der Waals surface area (Å²) in [6.45, 7) is 6.30. The van der Waals surface area contributed by atoms with Gasteiger partial charge < -0.3 is 5.32 Å². The number of hydrogen-bond acceptors (Lipinski definition) is 1. The van der Waals surface area contributed by atoms with Crippen molar-refractivity contribution in [2.75, 3.05) is 12.4 Å². The molecule has 0 aromatic heterocycles. The van der Waals surface area contributed by atoms with Gasteiger partial charge in [-0.15, -0.1) is 0 Å². The van der Waals surface area contributed by atoms with E-state index in [0.29, 0.717) is 0 Å². The van der Waals surface area contributed by atoms with Gasteiger partial charge in [0.2, 0.25) is 0 Å². The molecule has 2 aromatic carbocycles. The smallest absolute Gasteiger partial charge is 0.0417 e. The van der Waals surface area contributed by atoms with Crippen LogP contribution in [0.3, 0.4) is 0 Å². The molecule has 0 atom stereocenters. The molecule has 0 saturated carbocycles. The predicted molar refractivity (Wildman–Crippen MR) is 75.3 cm³/mol. The monoisotopic (exact) mass is 223 g/mol. The van der Waals surface area contributed by atoms with Gasteiger partial charge in [-0.3, -0.25) is 0 Å². The molecule has 1 nitrogen and oxygen atoms in total. The molecule has 0 radical (unpaired) electrons. The Balaban J connectivity index is 2.44. The minimum Gasteiger partial charge on any atom is -0.388 e. The van der Waals surface area contributed by atoms with Crippen LogP contribution in [0.15, 0.2) is 55.1 Å². The van der Waals surface area contributed by atoms with Gasteiger partial charge in [0.05, 0.1) is 0 Å². The summed E-state index contributed by atoms with van der Waals surface area (Å²) in [6, 6.07) is 16.7. The first-order valence-electron chi connectivity index (χ1n) is 5.75. The van der Waals surface area contributed by atoms with Gasteiger partial charge in [-0.1, -0.05) is 54.6 Å². The van der Waals surface area contributed by atoms with E-state index in [2.05, 4.69) is 55.2 Å². The van der Waals surface area contributed by atoms with E-state index in [-0.39, 0.29) is 0 Å². The van der Waals surface area contributed by atoms with Crippen molar-refractivity contribution in [2.24, 2.45) is 0 Å². The molecular weight excluding hydrogens is 206 g/mol. The summed E-state index contributed by atoms with van der Waals surface area (Å²) in [5, 5.41) is 3.20. The summed E-state index contributed by atoms with van der Waals surface area (Å²) >= 11 is 0. The van der Waals surface area contributed by atoms with Crippen molar-refractivity contribution in [3.63, 3.8) is 0 Å². The largest absolute Gasteiger partial charge is 0.388 e. The van der Waals surface area contributed by atoms with Crippen LogP contribution in [0, 0.1) is 6.92 Å². The Morgan fingerprint density at radius 1 is 1.06 bits per heavy atom. The Kier molecular flexibility index (Phi) is 3.29. The highest BCUT2D eigenvalue weighted by molar-refractivity contribution is 5.84. The second-order valence-electron chi connectivity index (χ2n) is 4.14. The third-order valence-corrected chi connectivity index (χ3v) is 2.89. The minimum absolute atomic E-state index is 1.05. The number of nitrogens with one attached hydrogen (secondary N) is 1. The first kappa shape index (κ1) is 11.5. The van der Waals surface area contributed by atoms with Crippen LogP contribution in [0.1, 0.15) is 16.7 Å². The molecule has 0 unspecified atom stereocenters. The molecule has 0 fully saturated rings. The fraction of sp³-hybridized carbons (Fsp3) is 0.125. The minimum atomic E-state index is 1.05. The number of aryl methyl sites for hydroxylation is 1. The van der Waals surface area contributed by atoms with Crippen LogP contribution in [0.4, 0.5) is 5.69 Å². The molecule has 0 aliphatic rings. The molecule has 2 rings (SSSR count). The second-order valence-corrected chi connectivity index (χ2v) is 4.14. The SMILES string of the molecule is C=C(c1cccc(C)c1)c1ccccc1NC. The van der Waals surface area contributed by atoms with Gasteiger partial charge in [0.15, 0.2) is 0 Å². The van der Waals surface area contributed by atoms with Crippen molar-refractivity contribution in [3.05, 3.63) is 71.8 Å². The second kappa shape index (κ2) is 4.88. The van der Waals surface area contributed by atoms with E-state index in [1.54, 1.807) is 0 Å². The standard InChI is InChI=1S/C16H17N/c1-12-7-6-8-14(11-12)13(2)15-9-4-5-10-16(15)17-3/h4-11,17H,2H2,1,3H3. The van der Waals surface area contributed by atoms with E-state index in [4.69, 9.17) is 0 Å². The van der Waals surface area contributed by atoms with Gasteiger partial charge in [-0.05, 0) is 24.1 Å². The highest BCUT2D eigenvalue weighted by Crippen LogP contribution is 2.27. The van der Waals surface area contributed by atoms with Crippen molar-refractivity contribution in [1.82, 2.24) is 0 Å². The van der Waals surface area contributed by atoms with Crippen molar-refractivity contribution in [3.8, 4) is 0 Å². The molecule has 1 N–H and O–H groups in total. The highest BCUT2D eigenvalue weighted by Gasteiger charge is 2.06. The number of anilines is 1. The predicted octanol–water partition coefficient (Wildman–Crippen LogP) is 4.10. The molecule has 2 aromatic rings. The molecular formula is C16H17N. The van der Waals surface area contributed by atoms with Gasteiger partial charge in [0, 0.05) is 18.3 Å². The van der Waals surface area contributed by atoms with Gasteiger partial charge in [-0.2, -0.15) is 0 Å². The van der Waals surface area contributed by atoms with Crippen LogP contribution in [0.25, 0.3) is 5.57 Å². The van der Waals surface area contributed by atoms with Crippen molar-refractivity contribution < 1.29 is 0 Å². The van der Waals surface area contributed by atoms with Crippen LogP contribution >= 0.6 is 0 Å². The van der Waals surface area contributed by atoms with Crippen LogP contribution in [-0.4, -0.2) is 7.05 Å². The van der Waals surface area contributed by atoms with E-state index in [9.17, 15) is 0 Å². The van der Waals surface area contributed by atoms with Crippen molar-refractivity contribution >= 4 is 11.3 Å². The average Bonchev–Trinajstić information content (AvgIpc) is 2.38. The zero-order valence-electron chi connectivity index (χ0n) is 10.3. The molecule has 0 aliphatic heterocycles. The van der Waals surface area contributed by atoms with Gasteiger partial charge >= 0.3 is 0 Å². The zero-order valence-corrected chi connectivity index (χ0v) is 10.3. The third-order valence-electron chi connectivity index (χ3n) is 2.89. The summed E-state index contributed by atoms with van der Waals surface area (Å²) < 4.78 is 0. The molecule has 1 heteroatoms. The summed E-state index contributed by atoms with van der Waals surface area (Å²) in [6.07, 6.45) is 0. The van der Waals surface area contributed by atoms with E-state index in [1.807, 2.05) is 19.2 Å². The summed E-state index contributed by atoms with van der Waals surface area (Å²) in [7, 11) is 1.93. The Hall–Kier alpha value is -2.02. The number of hydrogen-bond donors (Lipinski definition) is 1. The lowest BCUT2D eigenvalue weighted by atomic mass is 9.97. The molecule has 0 bridgehead atoms. The third kappa shape index (κ3) is 2.39. The quantitative estimate of drug-likeness (QED) is 0.826. The fourth-order valence-electron chi connectivity index (χ4n) is 1.95. The Bertz CT molecular complexity index is 541. The molecule has 0 saturated heterocycles. The number of benzene rings is 2. The summed E-state index contributed by atoms with van der Waals surface area (Å²) in [5.41, 5.74) is 5.75. The molecule has 0 spiro atoms. The molecule has 86 valence electrons. The first-order chi connectivity index (χ1) is 8.22. The lowest BCUT2D eigenvalue weighted by Gasteiger charge is -2.12. The van der Waals surface area contributed by atoms with Crippen LogP contribution in [-0.2, 0) is 0 Å². The lowest BCUT2D eigenvalue weighted by Crippen LogP contribution is -1.95. The maximum atomic E-state index is 4.20. The molecule has 0 aliphatic carbocycles. The maximum Gasteiger partial charge on any atom is 0.0417 e. The first-order valence-corrected chi connectivity index (χ1v) is 5.75. The van der Waals surface area contributed by atoms with E-state index in [0.717, 1.165) is 16.8 Å². The van der Waals surface area contributed by atoms with Crippen LogP contribution in [0.2, 0.25) is 0 Å². The topological polar surface area (TPSA) is 12.0 Å². The van der Waals surface area contributed by atoms with E-state index in [1.165, 1.54) is 11.1 Å². The highest BCUT2D eigenvalue weighted by atomic mass is 14.8. The van der Waals surface area contributed by atoms with Gasteiger partial charge in [0.25, 0.3) is 0 Å². The summed E-state index contributed by atoms with van der Waals surface area (Å²) in [4.78, 5) is 0. The number of rotatable bonds is 3. The van der Waals surface area contributed by atoms with E-state index < -0.39 is 0 Å². The van der Waals surface area contributed by atoms with Crippen LogP contribution < -0.4 is 5.32 Å². The van der Waals surface area contributed by atoms with Gasteiger partial charge in [0.1, 0.15) is 0 Å². The molecule has 0 amide bonds. The Morgan fingerprint density at radius 3 is 2.53 bits per heavy atom. The van der Waals surface area contributed by atoms with Crippen molar-refractivity contribution in [1.29, 1.82) is 0 Å². The fourth-order valence-corrected chi connectivity index (χ4v) is 1.95.